The molecule has 0 radical (unpaired) electrons. The van der Waals surface area contributed by atoms with E-state index in [2.05, 4.69) is 69.1 Å². The van der Waals surface area contributed by atoms with Gasteiger partial charge in [0.15, 0.2) is 0 Å². The van der Waals surface area contributed by atoms with E-state index < -0.39 is 8.80 Å². The van der Waals surface area contributed by atoms with Gasteiger partial charge in [-0.05, 0) is 61.6 Å². The fourth-order valence-corrected chi connectivity index (χ4v) is 7.86. The summed E-state index contributed by atoms with van der Waals surface area (Å²) in [6, 6.07) is 18.3. The van der Waals surface area contributed by atoms with Crippen LogP contribution in [0.4, 0.5) is 5.69 Å². The van der Waals surface area contributed by atoms with Gasteiger partial charge in [0.05, 0.1) is 0 Å². The Bertz CT molecular complexity index is 855. The number of nitrogens with one attached hydrogen (secondary N) is 1. The van der Waals surface area contributed by atoms with Gasteiger partial charge in [-0.3, -0.25) is 4.79 Å². The molecule has 0 saturated heterocycles. The standard InChI is InChI=1S/C28H42N2O4Si/c1-5-20-32-35(33-21-6-2,34-22-7-3)26(18-19-29)28(23-12-10-9-11-13-23)24-14-16-25(17-15-24)30-27(31)8-4/h8-17,26,28H,4-7,18-22,29H2,1-3H3,(H,30,31). The second kappa shape index (κ2) is 15.7. The number of amides is 1. The molecule has 35 heavy (non-hydrogen) atoms. The van der Waals surface area contributed by atoms with Crippen molar-refractivity contribution < 1.29 is 18.1 Å². The average molecular weight is 499 g/mol. The predicted octanol–water partition coefficient (Wildman–Crippen LogP) is 5.88. The lowest BCUT2D eigenvalue weighted by Crippen LogP contribution is -2.53. The third kappa shape index (κ3) is 8.40. The van der Waals surface area contributed by atoms with Crippen LogP contribution >= 0.6 is 0 Å². The molecule has 7 heteroatoms. The lowest BCUT2D eigenvalue weighted by Gasteiger charge is -2.40. The lowest BCUT2D eigenvalue weighted by molar-refractivity contribution is -0.111. The van der Waals surface area contributed by atoms with Gasteiger partial charge >= 0.3 is 8.80 Å². The van der Waals surface area contributed by atoms with Gasteiger partial charge in [-0.1, -0.05) is 69.8 Å². The highest BCUT2D eigenvalue weighted by Crippen LogP contribution is 2.45. The first-order valence-corrected chi connectivity index (χ1v) is 14.6. The number of hydrogen-bond donors (Lipinski definition) is 2. The summed E-state index contributed by atoms with van der Waals surface area (Å²) in [7, 11) is -3.15. The molecule has 2 atom stereocenters. The Morgan fingerprint density at radius 3 is 1.89 bits per heavy atom. The Balaban J connectivity index is 2.62. The minimum absolute atomic E-state index is 0.0406. The summed E-state index contributed by atoms with van der Waals surface area (Å²) < 4.78 is 19.8. The van der Waals surface area contributed by atoms with E-state index in [1.165, 1.54) is 6.08 Å². The van der Waals surface area contributed by atoms with Crippen LogP contribution in [0.25, 0.3) is 0 Å². The van der Waals surface area contributed by atoms with Crippen molar-refractivity contribution >= 4 is 20.4 Å². The van der Waals surface area contributed by atoms with Gasteiger partial charge in [0, 0.05) is 37.0 Å². The fraction of sp³-hybridized carbons (Fsp3) is 0.464. The van der Waals surface area contributed by atoms with E-state index in [9.17, 15) is 4.79 Å². The summed E-state index contributed by atoms with van der Waals surface area (Å²) in [5.41, 5.74) is 9.11. The summed E-state index contributed by atoms with van der Waals surface area (Å²) in [6.45, 7) is 12.1. The highest BCUT2D eigenvalue weighted by molar-refractivity contribution is 6.62. The van der Waals surface area contributed by atoms with Crippen molar-refractivity contribution in [2.75, 3.05) is 31.7 Å². The van der Waals surface area contributed by atoms with Crippen molar-refractivity contribution in [3.05, 3.63) is 78.4 Å². The first-order valence-electron chi connectivity index (χ1n) is 12.7. The van der Waals surface area contributed by atoms with Crippen LogP contribution in [-0.2, 0) is 18.1 Å². The zero-order valence-electron chi connectivity index (χ0n) is 21.5. The third-order valence-corrected chi connectivity index (χ3v) is 9.09. The molecule has 192 valence electrons. The van der Waals surface area contributed by atoms with Crippen molar-refractivity contribution in [3.8, 4) is 0 Å². The first kappa shape index (κ1) is 28.9. The molecule has 3 N–H and O–H groups in total. The number of nitrogens with two attached hydrogens (primary N) is 1. The van der Waals surface area contributed by atoms with Gasteiger partial charge in [-0.25, -0.2) is 0 Å². The summed E-state index contributed by atoms with van der Waals surface area (Å²) in [4.78, 5) is 11.8. The van der Waals surface area contributed by atoms with Crippen LogP contribution in [0.3, 0.4) is 0 Å². The molecule has 0 fully saturated rings. The van der Waals surface area contributed by atoms with Gasteiger partial charge in [0.1, 0.15) is 0 Å². The normalized spacial score (nSPS) is 13.3. The zero-order valence-corrected chi connectivity index (χ0v) is 22.5. The molecule has 0 heterocycles. The third-order valence-electron chi connectivity index (χ3n) is 5.74. The van der Waals surface area contributed by atoms with Crippen LogP contribution in [-0.4, -0.2) is 41.1 Å². The lowest BCUT2D eigenvalue weighted by atomic mass is 9.86. The molecule has 0 saturated carbocycles. The van der Waals surface area contributed by atoms with E-state index in [0.29, 0.717) is 32.8 Å². The van der Waals surface area contributed by atoms with Gasteiger partial charge in [0.25, 0.3) is 0 Å². The molecule has 6 nitrogen and oxygen atoms in total. The molecule has 0 aliphatic rings. The van der Waals surface area contributed by atoms with Gasteiger partial charge in [-0.15, -0.1) is 0 Å². The summed E-state index contributed by atoms with van der Waals surface area (Å²) >= 11 is 0. The molecule has 0 aliphatic carbocycles. The molecular weight excluding hydrogens is 456 g/mol. The fourth-order valence-electron chi connectivity index (χ4n) is 4.19. The average Bonchev–Trinajstić information content (AvgIpc) is 2.90. The van der Waals surface area contributed by atoms with Crippen LogP contribution in [0.5, 0.6) is 0 Å². The van der Waals surface area contributed by atoms with Crippen LogP contribution in [0, 0.1) is 0 Å². The van der Waals surface area contributed by atoms with E-state index in [0.717, 1.165) is 36.1 Å². The Morgan fingerprint density at radius 2 is 1.43 bits per heavy atom. The van der Waals surface area contributed by atoms with Crippen molar-refractivity contribution in [1.29, 1.82) is 0 Å². The van der Waals surface area contributed by atoms with Crippen LogP contribution in [0.2, 0.25) is 5.54 Å². The number of anilines is 1. The number of carbonyl (C=O) groups is 1. The highest BCUT2D eigenvalue weighted by Gasteiger charge is 2.53. The second-order valence-corrected chi connectivity index (χ2v) is 11.4. The van der Waals surface area contributed by atoms with Crippen molar-refractivity contribution in [2.45, 2.75) is 57.9 Å². The molecule has 2 aromatic carbocycles. The van der Waals surface area contributed by atoms with Crippen LogP contribution < -0.4 is 11.1 Å². The van der Waals surface area contributed by atoms with E-state index >= 15 is 0 Å². The Morgan fingerprint density at radius 1 is 0.914 bits per heavy atom. The van der Waals surface area contributed by atoms with Gasteiger partial charge in [0.2, 0.25) is 5.91 Å². The number of hydrogen-bond acceptors (Lipinski definition) is 5. The van der Waals surface area contributed by atoms with E-state index in [1.807, 2.05) is 18.2 Å². The summed E-state index contributed by atoms with van der Waals surface area (Å²) in [5.74, 6) is -0.278. The Kier molecular flexibility index (Phi) is 12.9. The highest BCUT2D eigenvalue weighted by atomic mass is 28.4. The number of benzene rings is 2. The van der Waals surface area contributed by atoms with E-state index in [1.54, 1.807) is 0 Å². The summed E-state index contributed by atoms with van der Waals surface area (Å²) in [6.07, 6.45) is 4.60. The molecule has 0 spiro atoms. The molecular formula is C28H42N2O4Si. The van der Waals surface area contributed by atoms with Gasteiger partial charge in [-0.2, -0.15) is 0 Å². The maximum absolute atomic E-state index is 11.8. The molecule has 0 aromatic heterocycles. The Labute approximate surface area is 212 Å². The van der Waals surface area contributed by atoms with Crippen molar-refractivity contribution in [2.24, 2.45) is 5.73 Å². The molecule has 1 amide bonds. The number of rotatable bonds is 17. The minimum atomic E-state index is -3.15. The number of carbonyl (C=O) groups excluding carboxylic acids is 1. The second-order valence-electron chi connectivity index (χ2n) is 8.54. The molecule has 2 aromatic rings. The van der Waals surface area contributed by atoms with Crippen LogP contribution in [0.1, 0.15) is 63.5 Å². The Hall–Kier alpha value is -2.29. The largest absolute Gasteiger partial charge is 0.505 e. The smallest absolute Gasteiger partial charge is 0.373 e. The molecule has 0 aliphatic heterocycles. The maximum atomic E-state index is 11.8. The minimum Gasteiger partial charge on any atom is -0.373 e. The van der Waals surface area contributed by atoms with Crippen LogP contribution in [0.15, 0.2) is 67.3 Å². The SMILES string of the molecule is C=CC(=O)Nc1ccc(C(c2ccccc2)C(CCN)[Si](OCCC)(OCCC)OCCC)cc1. The van der Waals surface area contributed by atoms with Crippen molar-refractivity contribution in [3.63, 3.8) is 0 Å². The van der Waals surface area contributed by atoms with E-state index in [4.69, 9.17) is 19.0 Å². The van der Waals surface area contributed by atoms with Gasteiger partial charge < -0.3 is 24.3 Å². The maximum Gasteiger partial charge on any atom is 0.505 e. The zero-order chi connectivity index (χ0) is 25.5. The summed E-state index contributed by atoms with van der Waals surface area (Å²) in [5, 5.41) is 2.82. The van der Waals surface area contributed by atoms with Crippen molar-refractivity contribution in [1.82, 2.24) is 0 Å². The molecule has 0 bridgehead atoms. The topological polar surface area (TPSA) is 82.8 Å². The molecule has 2 rings (SSSR count). The predicted molar refractivity (Wildman–Crippen MR) is 145 cm³/mol. The first-order chi connectivity index (χ1) is 17.0. The molecule has 2 unspecified atom stereocenters. The monoisotopic (exact) mass is 498 g/mol. The quantitative estimate of drug-likeness (QED) is 0.210. The van der Waals surface area contributed by atoms with E-state index in [-0.39, 0.29) is 17.4 Å².